The van der Waals surface area contributed by atoms with Crippen molar-refractivity contribution in [3.8, 4) is 11.3 Å². The molecule has 132 valence electrons. The molecule has 0 radical (unpaired) electrons. The van der Waals surface area contributed by atoms with Crippen molar-refractivity contribution < 1.29 is 23.5 Å². The first-order chi connectivity index (χ1) is 11.9. The van der Waals surface area contributed by atoms with Gasteiger partial charge in [0.25, 0.3) is 5.91 Å². The Labute approximate surface area is 146 Å². The van der Waals surface area contributed by atoms with Crippen molar-refractivity contribution in [1.82, 2.24) is 5.32 Å². The molecule has 0 aliphatic carbocycles. The number of hydrogen-bond acceptors (Lipinski definition) is 5. The third-order valence-electron chi connectivity index (χ3n) is 3.42. The van der Waals surface area contributed by atoms with Crippen LogP contribution in [-0.4, -0.2) is 30.8 Å². The summed E-state index contributed by atoms with van der Waals surface area (Å²) in [6, 6.07) is 9.99. The topological polar surface area (TPSA) is 85.6 Å². The van der Waals surface area contributed by atoms with Gasteiger partial charge >= 0.3 is 5.97 Å². The molecule has 1 aromatic heterocycles. The number of hydrogen-bond donors (Lipinski definition) is 1. The quantitative estimate of drug-likeness (QED) is 0.617. The minimum absolute atomic E-state index is 0.0160. The predicted molar refractivity (Wildman–Crippen MR) is 92.3 cm³/mol. The van der Waals surface area contributed by atoms with E-state index in [1.165, 1.54) is 13.0 Å². The monoisotopic (exact) mass is 343 g/mol. The van der Waals surface area contributed by atoms with E-state index in [0.717, 1.165) is 5.56 Å². The molecule has 0 fully saturated rings. The Morgan fingerprint density at radius 1 is 1.08 bits per heavy atom. The van der Waals surface area contributed by atoms with E-state index in [0.29, 0.717) is 23.8 Å². The fourth-order valence-corrected chi connectivity index (χ4v) is 2.04. The molecule has 1 heterocycles. The maximum atomic E-state index is 11.9. The average Bonchev–Trinajstić information content (AvgIpc) is 3.08. The van der Waals surface area contributed by atoms with E-state index in [1.54, 1.807) is 30.3 Å². The number of furan rings is 1. The summed E-state index contributed by atoms with van der Waals surface area (Å²) in [4.78, 5) is 34.8. The van der Waals surface area contributed by atoms with Gasteiger partial charge in [-0.15, -0.1) is 0 Å². The lowest BCUT2D eigenvalue weighted by Gasteiger charge is -2.07. The normalized spacial score (nSPS) is 10.6. The number of benzene rings is 1. The Kier molecular flexibility index (Phi) is 6.11. The minimum atomic E-state index is -0.702. The molecule has 6 nitrogen and oxygen atoms in total. The predicted octanol–water partition coefficient (Wildman–Crippen LogP) is 3.08. The van der Waals surface area contributed by atoms with Gasteiger partial charge in [-0.25, -0.2) is 4.79 Å². The maximum Gasteiger partial charge on any atom is 0.374 e. The molecule has 0 saturated carbocycles. The van der Waals surface area contributed by atoms with Gasteiger partial charge in [-0.3, -0.25) is 9.59 Å². The van der Waals surface area contributed by atoms with Crippen LogP contribution in [0.4, 0.5) is 0 Å². The number of Topliss-reactive ketones (excluding diaryl/α,β-unsaturated/α-hetero) is 1. The van der Waals surface area contributed by atoms with Crippen LogP contribution in [0.5, 0.6) is 0 Å². The first-order valence-corrected chi connectivity index (χ1v) is 8.02. The first-order valence-electron chi connectivity index (χ1n) is 8.02. The summed E-state index contributed by atoms with van der Waals surface area (Å²) < 4.78 is 10.4. The van der Waals surface area contributed by atoms with Crippen LogP contribution in [0.15, 0.2) is 40.8 Å². The lowest BCUT2D eigenvalue weighted by Crippen LogP contribution is -2.31. The summed E-state index contributed by atoms with van der Waals surface area (Å²) in [7, 11) is 0. The van der Waals surface area contributed by atoms with Crippen molar-refractivity contribution in [2.24, 2.45) is 5.92 Å². The highest BCUT2D eigenvalue weighted by atomic mass is 16.5. The Hall–Kier alpha value is -2.89. The van der Waals surface area contributed by atoms with Crippen molar-refractivity contribution in [2.45, 2.75) is 20.8 Å². The molecule has 0 atom stereocenters. The number of carbonyl (C=O) groups excluding carboxylic acids is 3. The van der Waals surface area contributed by atoms with Crippen LogP contribution in [0.2, 0.25) is 0 Å². The number of amides is 1. The molecule has 1 N–H and O–H groups in total. The second-order valence-electron chi connectivity index (χ2n) is 6.07. The lowest BCUT2D eigenvalue weighted by atomic mass is 10.1. The molecule has 2 rings (SSSR count). The Morgan fingerprint density at radius 3 is 2.36 bits per heavy atom. The number of esters is 1. The zero-order chi connectivity index (χ0) is 18.4. The second-order valence-corrected chi connectivity index (χ2v) is 6.07. The molecule has 0 bridgehead atoms. The smallest absolute Gasteiger partial charge is 0.374 e. The van der Waals surface area contributed by atoms with E-state index in [-0.39, 0.29) is 24.1 Å². The van der Waals surface area contributed by atoms with Gasteiger partial charge in [-0.05, 0) is 25.0 Å². The Bertz CT molecular complexity index is 758. The van der Waals surface area contributed by atoms with Crippen LogP contribution < -0.4 is 5.32 Å². The SMILES string of the molecule is CC(=O)c1ccc(-c2ccc(C(=O)OCC(=O)NCC(C)C)o2)cc1. The number of rotatable bonds is 7. The van der Waals surface area contributed by atoms with Gasteiger partial charge in [0.2, 0.25) is 5.76 Å². The summed E-state index contributed by atoms with van der Waals surface area (Å²) in [5, 5.41) is 2.66. The van der Waals surface area contributed by atoms with Crippen molar-refractivity contribution in [1.29, 1.82) is 0 Å². The highest BCUT2D eigenvalue weighted by Gasteiger charge is 2.15. The molecule has 0 unspecified atom stereocenters. The minimum Gasteiger partial charge on any atom is -0.450 e. The van der Waals surface area contributed by atoms with Crippen molar-refractivity contribution in [2.75, 3.05) is 13.2 Å². The first kappa shape index (κ1) is 18.4. The molecule has 25 heavy (non-hydrogen) atoms. The van der Waals surface area contributed by atoms with Crippen LogP contribution >= 0.6 is 0 Å². The number of ketones is 1. The molecule has 2 aromatic rings. The summed E-state index contributed by atoms with van der Waals surface area (Å²) in [6.07, 6.45) is 0. The van der Waals surface area contributed by atoms with Gasteiger partial charge < -0.3 is 14.5 Å². The molecule has 0 aliphatic rings. The van der Waals surface area contributed by atoms with Gasteiger partial charge in [-0.1, -0.05) is 38.1 Å². The van der Waals surface area contributed by atoms with E-state index in [1.807, 2.05) is 13.8 Å². The highest BCUT2D eigenvalue weighted by Crippen LogP contribution is 2.23. The summed E-state index contributed by atoms with van der Waals surface area (Å²) in [6.45, 7) is 5.61. The molecular formula is C19H21NO5. The summed E-state index contributed by atoms with van der Waals surface area (Å²) >= 11 is 0. The van der Waals surface area contributed by atoms with E-state index in [9.17, 15) is 14.4 Å². The van der Waals surface area contributed by atoms with E-state index < -0.39 is 5.97 Å². The zero-order valence-corrected chi connectivity index (χ0v) is 14.5. The molecule has 1 amide bonds. The van der Waals surface area contributed by atoms with Crippen molar-refractivity contribution in [3.05, 3.63) is 47.7 Å². The van der Waals surface area contributed by atoms with Crippen LogP contribution in [-0.2, 0) is 9.53 Å². The van der Waals surface area contributed by atoms with Crippen LogP contribution in [0.1, 0.15) is 41.7 Å². The zero-order valence-electron chi connectivity index (χ0n) is 14.5. The maximum absolute atomic E-state index is 11.9. The molecule has 1 aromatic carbocycles. The standard InChI is InChI=1S/C19H21NO5/c1-12(2)10-20-18(22)11-24-19(23)17-9-8-16(25-17)15-6-4-14(5-7-15)13(3)21/h4-9,12H,10-11H2,1-3H3,(H,20,22). The van der Waals surface area contributed by atoms with Gasteiger partial charge in [0, 0.05) is 17.7 Å². The average molecular weight is 343 g/mol. The van der Waals surface area contributed by atoms with Crippen molar-refractivity contribution >= 4 is 17.7 Å². The largest absolute Gasteiger partial charge is 0.450 e. The van der Waals surface area contributed by atoms with Gasteiger partial charge in [0.1, 0.15) is 5.76 Å². The molecular weight excluding hydrogens is 322 g/mol. The molecule has 0 aliphatic heterocycles. The van der Waals surface area contributed by atoms with E-state index in [4.69, 9.17) is 9.15 Å². The van der Waals surface area contributed by atoms with E-state index >= 15 is 0 Å². The number of carbonyl (C=O) groups is 3. The fraction of sp³-hybridized carbons (Fsp3) is 0.316. The van der Waals surface area contributed by atoms with Gasteiger partial charge in [0.05, 0.1) is 0 Å². The third kappa shape index (κ3) is 5.31. The lowest BCUT2D eigenvalue weighted by molar-refractivity contribution is -0.124. The van der Waals surface area contributed by atoms with Crippen LogP contribution in [0.25, 0.3) is 11.3 Å². The van der Waals surface area contributed by atoms with E-state index in [2.05, 4.69) is 5.32 Å². The highest BCUT2D eigenvalue weighted by molar-refractivity contribution is 5.94. The Morgan fingerprint density at radius 2 is 1.76 bits per heavy atom. The second kappa shape index (κ2) is 8.28. The molecule has 0 saturated heterocycles. The fourth-order valence-electron chi connectivity index (χ4n) is 2.04. The molecule has 6 heteroatoms. The van der Waals surface area contributed by atoms with Gasteiger partial charge in [0.15, 0.2) is 12.4 Å². The number of nitrogens with one attached hydrogen (secondary N) is 1. The summed E-state index contributed by atoms with van der Waals surface area (Å²) in [5.74, 6) is -0.263. The van der Waals surface area contributed by atoms with Crippen LogP contribution in [0.3, 0.4) is 0 Å². The Balaban J connectivity index is 1.94. The number of ether oxygens (including phenoxy) is 1. The van der Waals surface area contributed by atoms with Crippen LogP contribution in [0, 0.1) is 5.92 Å². The van der Waals surface area contributed by atoms with Crippen molar-refractivity contribution in [3.63, 3.8) is 0 Å². The summed E-state index contributed by atoms with van der Waals surface area (Å²) in [5.41, 5.74) is 1.33. The van der Waals surface area contributed by atoms with Gasteiger partial charge in [-0.2, -0.15) is 0 Å². The molecule has 0 spiro atoms. The third-order valence-corrected chi connectivity index (χ3v) is 3.42.